The monoisotopic (exact) mass is 290 g/mol. The van der Waals surface area contributed by atoms with Crippen LogP contribution in [0, 0.1) is 0 Å². The van der Waals surface area contributed by atoms with E-state index in [1.807, 2.05) is 0 Å². The molecule has 1 aromatic carbocycles. The van der Waals surface area contributed by atoms with Crippen LogP contribution in [-0.2, 0) is 11.2 Å². The first-order valence-corrected chi connectivity index (χ1v) is 7.64. The average Bonchev–Trinajstić information content (AvgIpc) is 3.10. The molecule has 0 aromatic heterocycles. The van der Waals surface area contributed by atoms with Crippen LogP contribution in [0.2, 0.25) is 0 Å². The summed E-state index contributed by atoms with van der Waals surface area (Å²) in [6, 6.07) is 8.88. The van der Waals surface area contributed by atoms with E-state index < -0.39 is 0 Å². The molecule has 1 aromatic rings. The van der Waals surface area contributed by atoms with E-state index in [1.54, 1.807) is 4.90 Å². The van der Waals surface area contributed by atoms with Gasteiger partial charge in [0.15, 0.2) is 0 Å². The van der Waals surface area contributed by atoms with Gasteiger partial charge in [-0.15, -0.1) is 0 Å². The number of cyclic esters (lactones) is 1. The fourth-order valence-electron chi connectivity index (χ4n) is 3.34. The van der Waals surface area contributed by atoms with E-state index in [-0.39, 0.29) is 12.7 Å². The SMILES string of the molecule is O=C1OCCN1CCN(CCO)C1CCc2ccccc21. The van der Waals surface area contributed by atoms with E-state index in [9.17, 15) is 9.90 Å². The zero-order valence-corrected chi connectivity index (χ0v) is 12.2. The molecule has 2 aliphatic rings. The van der Waals surface area contributed by atoms with Gasteiger partial charge in [-0.25, -0.2) is 4.79 Å². The molecule has 114 valence electrons. The Morgan fingerprint density at radius 1 is 1.33 bits per heavy atom. The standard InChI is InChI=1S/C16H22N2O3/c19-11-9-17(7-8-18-10-12-21-16(18)20)15-6-5-13-3-1-2-4-14(13)15/h1-4,15,19H,5-12H2. The first-order valence-electron chi connectivity index (χ1n) is 7.64. The van der Waals surface area contributed by atoms with Crippen molar-refractivity contribution < 1.29 is 14.6 Å². The lowest BCUT2D eigenvalue weighted by atomic mass is 10.1. The van der Waals surface area contributed by atoms with Crippen molar-refractivity contribution in [2.45, 2.75) is 18.9 Å². The third-order valence-corrected chi connectivity index (χ3v) is 4.43. The number of rotatable bonds is 6. The summed E-state index contributed by atoms with van der Waals surface area (Å²) in [6.07, 6.45) is 1.96. The van der Waals surface area contributed by atoms with Crippen LogP contribution in [-0.4, -0.2) is 60.4 Å². The first kappa shape index (κ1) is 14.4. The van der Waals surface area contributed by atoms with E-state index in [0.29, 0.717) is 32.3 Å². The molecule has 0 saturated carbocycles. The molecule has 1 aliphatic heterocycles. The largest absolute Gasteiger partial charge is 0.448 e. The number of carbonyl (C=O) groups excluding carboxylic acids is 1. The molecule has 1 aliphatic carbocycles. The summed E-state index contributed by atoms with van der Waals surface area (Å²) in [5, 5.41) is 9.34. The molecule has 3 rings (SSSR count). The van der Waals surface area contributed by atoms with Crippen molar-refractivity contribution in [3.63, 3.8) is 0 Å². The second-order valence-corrected chi connectivity index (χ2v) is 5.61. The number of benzene rings is 1. The van der Waals surface area contributed by atoms with Crippen LogP contribution in [0.3, 0.4) is 0 Å². The fraction of sp³-hybridized carbons (Fsp3) is 0.562. The summed E-state index contributed by atoms with van der Waals surface area (Å²) in [7, 11) is 0. The molecule has 5 heteroatoms. The number of carbonyl (C=O) groups is 1. The van der Waals surface area contributed by atoms with Crippen molar-refractivity contribution in [1.29, 1.82) is 0 Å². The second-order valence-electron chi connectivity index (χ2n) is 5.61. The van der Waals surface area contributed by atoms with Crippen LogP contribution in [0.4, 0.5) is 4.79 Å². The first-order chi connectivity index (χ1) is 10.3. The Hall–Kier alpha value is -1.59. The van der Waals surface area contributed by atoms with Crippen molar-refractivity contribution in [3.05, 3.63) is 35.4 Å². The molecule has 1 N–H and O–H groups in total. The Bertz CT molecular complexity index is 506. The highest BCUT2D eigenvalue weighted by Crippen LogP contribution is 2.35. The van der Waals surface area contributed by atoms with Crippen molar-refractivity contribution >= 4 is 6.09 Å². The van der Waals surface area contributed by atoms with Gasteiger partial charge in [0.2, 0.25) is 0 Å². The molecule has 5 nitrogen and oxygen atoms in total. The number of ether oxygens (including phenoxy) is 1. The minimum absolute atomic E-state index is 0.142. The van der Waals surface area contributed by atoms with Crippen molar-refractivity contribution in [3.8, 4) is 0 Å². The Kier molecular flexibility index (Phi) is 4.41. The van der Waals surface area contributed by atoms with Crippen LogP contribution in [0.25, 0.3) is 0 Å². The maximum Gasteiger partial charge on any atom is 0.409 e. The lowest BCUT2D eigenvalue weighted by Crippen LogP contribution is -2.38. The predicted octanol–water partition coefficient (Wildman–Crippen LogP) is 1.42. The molecule has 1 amide bonds. The Morgan fingerprint density at radius 2 is 2.19 bits per heavy atom. The van der Waals surface area contributed by atoms with E-state index >= 15 is 0 Å². The zero-order valence-electron chi connectivity index (χ0n) is 12.2. The van der Waals surface area contributed by atoms with Gasteiger partial charge in [0, 0.05) is 25.7 Å². The highest BCUT2D eigenvalue weighted by Gasteiger charge is 2.29. The highest BCUT2D eigenvalue weighted by atomic mass is 16.6. The van der Waals surface area contributed by atoms with Gasteiger partial charge in [0.1, 0.15) is 6.61 Å². The van der Waals surface area contributed by atoms with Gasteiger partial charge < -0.3 is 14.7 Å². The second kappa shape index (κ2) is 6.45. The zero-order chi connectivity index (χ0) is 14.7. The van der Waals surface area contributed by atoms with Gasteiger partial charge in [-0.05, 0) is 24.0 Å². The molecule has 1 heterocycles. The number of aliphatic hydroxyl groups excluding tert-OH is 1. The highest BCUT2D eigenvalue weighted by molar-refractivity contribution is 5.69. The number of hydrogen-bond acceptors (Lipinski definition) is 4. The van der Waals surface area contributed by atoms with Crippen LogP contribution in [0.5, 0.6) is 0 Å². The predicted molar refractivity (Wildman–Crippen MR) is 79.1 cm³/mol. The number of hydrogen-bond donors (Lipinski definition) is 1. The molecule has 21 heavy (non-hydrogen) atoms. The van der Waals surface area contributed by atoms with Crippen LogP contribution in [0.15, 0.2) is 24.3 Å². The van der Waals surface area contributed by atoms with Crippen LogP contribution in [0.1, 0.15) is 23.6 Å². The Morgan fingerprint density at radius 3 is 2.95 bits per heavy atom. The third-order valence-electron chi connectivity index (χ3n) is 4.43. The minimum Gasteiger partial charge on any atom is -0.448 e. The van der Waals surface area contributed by atoms with Crippen molar-refractivity contribution in [2.75, 3.05) is 39.4 Å². The number of aliphatic hydroxyl groups is 1. The normalized spacial score (nSPS) is 21.0. The lowest BCUT2D eigenvalue weighted by Gasteiger charge is -2.30. The summed E-state index contributed by atoms with van der Waals surface area (Å²) in [5.41, 5.74) is 2.78. The number of fused-ring (bicyclic) bond motifs is 1. The molecule has 1 saturated heterocycles. The smallest absolute Gasteiger partial charge is 0.409 e. The van der Waals surface area contributed by atoms with Crippen LogP contribution >= 0.6 is 0 Å². The minimum atomic E-state index is -0.217. The lowest BCUT2D eigenvalue weighted by molar-refractivity contribution is 0.129. The number of aryl methyl sites for hydroxylation is 1. The molecule has 0 bridgehead atoms. The quantitative estimate of drug-likeness (QED) is 0.861. The van der Waals surface area contributed by atoms with Crippen LogP contribution < -0.4 is 0 Å². The van der Waals surface area contributed by atoms with Gasteiger partial charge in [-0.1, -0.05) is 24.3 Å². The number of nitrogens with zero attached hydrogens (tertiary/aromatic N) is 2. The van der Waals surface area contributed by atoms with Crippen molar-refractivity contribution in [1.82, 2.24) is 9.80 Å². The Labute approximate surface area is 125 Å². The van der Waals surface area contributed by atoms with Gasteiger partial charge in [0.05, 0.1) is 13.2 Å². The Balaban J connectivity index is 1.66. The molecule has 0 spiro atoms. The van der Waals surface area contributed by atoms with Gasteiger partial charge in [0.25, 0.3) is 0 Å². The molecule has 0 radical (unpaired) electrons. The topological polar surface area (TPSA) is 53.0 Å². The van der Waals surface area contributed by atoms with E-state index in [0.717, 1.165) is 19.4 Å². The third kappa shape index (κ3) is 3.04. The molecular formula is C16H22N2O3. The van der Waals surface area contributed by atoms with Crippen molar-refractivity contribution in [2.24, 2.45) is 0 Å². The maximum atomic E-state index is 11.5. The summed E-state index contributed by atoms with van der Waals surface area (Å²) in [4.78, 5) is 15.5. The summed E-state index contributed by atoms with van der Waals surface area (Å²) in [6.45, 7) is 3.38. The van der Waals surface area contributed by atoms with E-state index in [2.05, 4.69) is 29.2 Å². The summed E-state index contributed by atoms with van der Waals surface area (Å²) in [5.74, 6) is 0. The summed E-state index contributed by atoms with van der Waals surface area (Å²) < 4.78 is 4.96. The molecule has 1 atom stereocenters. The average molecular weight is 290 g/mol. The van der Waals surface area contributed by atoms with Gasteiger partial charge >= 0.3 is 6.09 Å². The number of amides is 1. The molecule has 1 fully saturated rings. The van der Waals surface area contributed by atoms with E-state index in [4.69, 9.17) is 4.74 Å². The van der Waals surface area contributed by atoms with E-state index in [1.165, 1.54) is 11.1 Å². The fourth-order valence-corrected chi connectivity index (χ4v) is 3.34. The molecule has 1 unspecified atom stereocenters. The van der Waals surface area contributed by atoms with Gasteiger partial charge in [-0.2, -0.15) is 0 Å². The maximum absolute atomic E-state index is 11.5. The molecular weight excluding hydrogens is 268 g/mol. The summed E-state index contributed by atoms with van der Waals surface area (Å²) >= 11 is 0. The van der Waals surface area contributed by atoms with Gasteiger partial charge in [-0.3, -0.25) is 4.90 Å².